The maximum Gasteiger partial charge on any atom is 0.226 e. The van der Waals surface area contributed by atoms with Crippen molar-refractivity contribution in [3.8, 4) is 0 Å². The third-order valence-electron chi connectivity index (χ3n) is 2.91. The van der Waals surface area contributed by atoms with Crippen LogP contribution in [0.15, 0.2) is 4.52 Å². The van der Waals surface area contributed by atoms with Crippen molar-refractivity contribution in [2.75, 3.05) is 0 Å². The summed E-state index contributed by atoms with van der Waals surface area (Å²) in [6.07, 6.45) is 2.84. The number of aromatic nitrogens is 2. The summed E-state index contributed by atoms with van der Waals surface area (Å²) in [6.45, 7) is 6.23. The molecular formula is C11H19N3O. The van der Waals surface area contributed by atoms with Gasteiger partial charge >= 0.3 is 0 Å². The van der Waals surface area contributed by atoms with Gasteiger partial charge in [0.15, 0.2) is 5.82 Å². The van der Waals surface area contributed by atoms with E-state index < -0.39 is 0 Å². The first-order chi connectivity index (χ1) is 6.96. The van der Waals surface area contributed by atoms with E-state index in [9.17, 15) is 0 Å². The Labute approximate surface area is 90.2 Å². The van der Waals surface area contributed by atoms with Gasteiger partial charge in [0, 0.05) is 17.9 Å². The van der Waals surface area contributed by atoms with Crippen molar-refractivity contribution < 1.29 is 4.52 Å². The highest BCUT2D eigenvalue weighted by molar-refractivity contribution is 5.07. The summed E-state index contributed by atoms with van der Waals surface area (Å²) >= 11 is 0. The SMILES string of the molecule is CC1CC1c1noc(CCC(C)(C)N)n1. The predicted octanol–water partition coefficient (Wildman–Crippen LogP) is 1.86. The van der Waals surface area contributed by atoms with Crippen molar-refractivity contribution in [1.29, 1.82) is 0 Å². The van der Waals surface area contributed by atoms with Crippen LogP contribution in [0.25, 0.3) is 0 Å². The van der Waals surface area contributed by atoms with Crippen LogP contribution in [0.5, 0.6) is 0 Å². The smallest absolute Gasteiger partial charge is 0.226 e. The molecule has 1 heterocycles. The second kappa shape index (κ2) is 3.59. The largest absolute Gasteiger partial charge is 0.339 e. The Hall–Kier alpha value is -0.900. The van der Waals surface area contributed by atoms with E-state index in [1.54, 1.807) is 0 Å². The van der Waals surface area contributed by atoms with Crippen molar-refractivity contribution in [1.82, 2.24) is 10.1 Å². The lowest BCUT2D eigenvalue weighted by Crippen LogP contribution is -2.32. The van der Waals surface area contributed by atoms with Crippen molar-refractivity contribution in [3.63, 3.8) is 0 Å². The van der Waals surface area contributed by atoms with E-state index in [1.165, 1.54) is 6.42 Å². The molecule has 0 aromatic carbocycles. The fourth-order valence-electron chi connectivity index (χ4n) is 1.63. The van der Waals surface area contributed by atoms with Crippen molar-refractivity contribution in [2.45, 2.75) is 51.5 Å². The van der Waals surface area contributed by atoms with Gasteiger partial charge in [-0.15, -0.1) is 0 Å². The molecule has 2 unspecified atom stereocenters. The Kier molecular flexibility index (Phi) is 2.54. The topological polar surface area (TPSA) is 64.9 Å². The third kappa shape index (κ3) is 2.78. The number of nitrogens with two attached hydrogens (primary N) is 1. The van der Waals surface area contributed by atoms with Gasteiger partial charge in [0.1, 0.15) is 0 Å². The quantitative estimate of drug-likeness (QED) is 0.822. The Balaban J connectivity index is 1.90. The number of rotatable bonds is 4. The highest BCUT2D eigenvalue weighted by Gasteiger charge is 2.38. The van der Waals surface area contributed by atoms with E-state index in [-0.39, 0.29) is 5.54 Å². The molecule has 1 aliphatic carbocycles. The Morgan fingerprint density at radius 3 is 2.73 bits per heavy atom. The van der Waals surface area contributed by atoms with Gasteiger partial charge in [-0.2, -0.15) is 4.98 Å². The maximum absolute atomic E-state index is 5.89. The Bertz CT molecular complexity index is 340. The van der Waals surface area contributed by atoms with Gasteiger partial charge in [-0.3, -0.25) is 0 Å². The van der Waals surface area contributed by atoms with Gasteiger partial charge in [0.25, 0.3) is 0 Å². The van der Waals surface area contributed by atoms with Crippen LogP contribution in [-0.2, 0) is 6.42 Å². The molecule has 4 nitrogen and oxygen atoms in total. The molecule has 1 saturated carbocycles. The summed E-state index contributed by atoms with van der Waals surface area (Å²) in [5.41, 5.74) is 5.73. The lowest BCUT2D eigenvalue weighted by molar-refractivity contribution is 0.354. The molecule has 0 aliphatic heterocycles. The van der Waals surface area contributed by atoms with Crippen LogP contribution in [0.2, 0.25) is 0 Å². The molecule has 84 valence electrons. The fraction of sp³-hybridized carbons (Fsp3) is 0.818. The van der Waals surface area contributed by atoms with Gasteiger partial charge in [-0.25, -0.2) is 0 Å². The molecule has 1 fully saturated rings. The molecule has 2 rings (SSSR count). The summed E-state index contributed by atoms with van der Waals surface area (Å²) in [5.74, 6) is 2.87. The predicted molar refractivity (Wildman–Crippen MR) is 57.4 cm³/mol. The zero-order valence-electron chi connectivity index (χ0n) is 9.66. The van der Waals surface area contributed by atoms with Crippen molar-refractivity contribution >= 4 is 0 Å². The van der Waals surface area contributed by atoms with Crippen molar-refractivity contribution in [3.05, 3.63) is 11.7 Å². The monoisotopic (exact) mass is 209 g/mol. The van der Waals surface area contributed by atoms with Gasteiger partial charge in [-0.1, -0.05) is 12.1 Å². The van der Waals surface area contributed by atoms with Gasteiger partial charge < -0.3 is 10.3 Å². The molecule has 0 bridgehead atoms. The van der Waals surface area contributed by atoms with Crippen LogP contribution in [0.1, 0.15) is 51.2 Å². The summed E-state index contributed by atoms with van der Waals surface area (Å²) in [6, 6.07) is 0. The standard InChI is InChI=1S/C11H19N3O/c1-7-6-8(7)10-13-9(15-14-10)4-5-11(2,3)12/h7-8H,4-6,12H2,1-3H3. The maximum atomic E-state index is 5.89. The summed E-state index contributed by atoms with van der Waals surface area (Å²) in [5, 5.41) is 4.00. The molecule has 1 aromatic heterocycles. The van der Waals surface area contributed by atoms with E-state index in [2.05, 4.69) is 17.1 Å². The molecule has 15 heavy (non-hydrogen) atoms. The first kappa shape index (κ1) is 10.6. The summed E-state index contributed by atoms with van der Waals surface area (Å²) in [4.78, 5) is 4.39. The average Bonchev–Trinajstić information content (AvgIpc) is 2.68. The first-order valence-electron chi connectivity index (χ1n) is 5.57. The van der Waals surface area contributed by atoms with Crippen LogP contribution in [0, 0.1) is 5.92 Å². The zero-order valence-corrected chi connectivity index (χ0v) is 9.66. The Morgan fingerprint density at radius 1 is 1.53 bits per heavy atom. The molecule has 1 aromatic rings. The molecular weight excluding hydrogens is 190 g/mol. The highest BCUT2D eigenvalue weighted by Crippen LogP contribution is 2.45. The number of hydrogen-bond donors (Lipinski definition) is 1. The van der Waals surface area contributed by atoms with E-state index in [4.69, 9.17) is 10.3 Å². The minimum absolute atomic E-state index is 0.165. The zero-order chi connectivity index (χ0) is 11.1. The molecule has 0 saturated heterocycles. The van der Waals surface area contributed by atoms with E-state index in [1.807, 2.05) is 13.8 Å². The van der Waals surface area contributed by atoms with Crippen LogP contribution in [0.4, 0.5) is 0 Å². The van der Waals surface area contributed by atoms with Gasteiger partial charge in [0.2, 0.25) is 5.89 Å². The molecule has 0 spiro atoms. The van der Waals surface area contributed by atoms with E-state index in [0.717, 1.165) is 30.5 Å². The summed E-state index contributed by atoms with van der Waals surface area (Å²) in [7, 11) is 0. The third-order valence-corrected chi connectivity index (χ3v) is 2.91. The normalized spacial score (nSPS) is 25.6. The second-order valence-electron chi connectivity index (χ2n) is 5.35. The van der Waals surface area contributed by atoms with Gasteiger partial charge in [-0.05, 0) is 32.6 Å². The molecule has 2 N–H and O–H groups in total. The number of aryl methyl sites for hydroxylation is 1. The lowest BCUT2D eigenvalue weighted by atomic mass is 10.0. The number of nitrogens with zero attached hydrogens (tertiary/aromatic N) is 2. The first-order valence-corrected chi connectivity index (χ1v) is 5.57. The molecule has 0 amide bonds. The molecule has 1 aliphatic rings. The van der Waals surface area contributed by atoms with Crippen LogP contribution >= 0.6 is 0 Å². The minimum Gasteiger partial charge on any atom is -0.339 e. The van der Waals surface area contributed by atoms with Crippen molar-refractivity contribution in [2.24, 2.45) is 11.7 Å². The van der Waals surface area contributed by atoms with Crippen LogP contribution in [0.3, 0.4) is 0 Å². The molecule has 2 atom stereocenters. The van der Waals surface area contributed by atoms with E-state index >= 15 is 0 Å². The second-order valence-corrected chi connectivity index (χ2v) is 5.35. The van der Waals surface area contributed by atoms with Gasteiger partial charge in [0.05, 0.1) is 0 Å². The molecule has 4 heteroatoms. The fourth-order valence-corrected chi connectivity index (χ4v) is 1.63. The minimum atomic E-state index is -0.165. The molecule has 0 radical (unpaired) electrons. The average molecular weight is 209 g/mol. The Morgan fingerprint density at radius 2 is 2.20 bits per heavy atom. The van der Waals surface area contributed by atoms with Crippen LogP contribution < -0.4 is 5.73 Å². The van der Waals surface area contributed by atoms with Crippen LogP contribution in [-0.4, -0.2) is 15.7 Å². The highest BCUT2D eigenvalue weighted by atomic mass is 16.5. The number of hydrogen-bond acceptors (Lipinski definition) is 4. The summed E-state index contributed by atoms with van der Waals surface area (Å²) < 4.78 is 5.19. The van der Waals surface area contributed by atoms with E-state index in [0.29, 0.717) is 5.92 Å². The lowest BCUT2D eigenvalue weighted by Gasteiger charge is -2.16.